The predicted octanol–water partition coefficient (Wildman–Crippen LogP) is 7.22. The third-order valence-electron chi connectivity index (χ3n) is 8.84. The highest BCUT2D eigenvalue weighted by Gasteiger charge is 2.47. The monoisotopic (exact) mass is 547 g/mol. The lowest BCUT2D eigenvalue weighted by atomic mass is 9.91. The van der Waals surface area contributed by atoms with Gasteiger partial charge in [-0.05, 0) is 69.6 Å². The van der Waals surface area contributed by atoms with Gasteiger partial charge >= 0.3 is 0 Å². The van der Waals surface area contributed by atoms with Crippen molar-refractivity contribution in [2.24, 2.45) is 0 Å². The lowest BCUT2D eigenvalue weighted by Gasteiger charge is -2.18. The number of likely N-dealkylation sites (tertiary alicyclic amines) is 1. The molecule has 38 heavy (non-hydrogen) atoms. The Labute approximate surface area is 231 Å². The van der Waals surface area contributed by atoms with Gasteiger partial charge in [0.15, 0.2) is 5.82 Å². The first-order valence-corrected chi connectivity index (χ1v) is 14.1. The van der Waals surface area contributed by atoms with Crippen LogP contribution in [0.15, 0.2) is 30.3 Å². The van der Waals surface area contributed by atoms with Crippen molar-refractivity contribution in [1.29, 1.82) is 5.26 Å². The molecule has 3 fully saturated rings. The van der Waals surface area contributed by atoms with Crippen LogP contribution in [-0.2, 0) is 6.42 Å². The molecule has 8 heteroatoms. The van der Waals surface area contributed by atoms with Crippen molar-refractivity contribution in [3.8, 4) is 17.2 Å². The van der Waals surface area contributed by atoms with Crippen LogP contribution in [-0.4, -0.2) is 52.5 Å². The van der Waals surface area contributed by atoms with E-state index in [0.717, 1.165) is 60.0 Å². The smallest absolute Gasteiger partial charge is 0.157 e. The molecule has 4 aromatic rings. The van der Waals surface area contributed by atoms with Gasteiger partial charge in [-0.2, -0.15) is 5.26 Å². The van der Waals surface area contributed by atoms with Gasteiger partial charge in [-0.25, -0.2) is 9.37 Å². The van der Waals surface area contributed by atoms with E-state index in [2.05, 4.69) is 34.0 Å². The highest BCUT2D eigenvalue weighted by atomic mass is 35.5. The number of hydrogen-bond acceptors (Lipinski definition) is 4. The Morgan fingerprint density at radius 1 is 1.18 bits per heavy atom. The van der Waals surface area contributed by atoms with Crippen molar-refractivity contribution < 1.29 is 4.39 Å². The second-order valence-electron chi connectivity index (χ2n) is 11.0. The first-order chi connectivity index (χ1) is 18.5. The number of benzene rings is 2. The largest absolute Gasteiger partial charge is 0.356 e. The van der Waals surface area contributed by atoms with Crippen LogP contribution in [0.5, 0.6) is 0 Å². The quantitative estimate of drug-likeness (QED) is 0.268. The zero-order valence-electron chi connectivity index (χ0n) is 21.2. The van der Waals surface area contributed by atoms with Crippen LogP contribution in [0.4, 0.5) is 4.39 Å². The molecule has 5 heterocycles. The van der Waals surface area contributed by atoms with Gasteiger partial charge in [-0.3, -0.25) is 9.80 Å². The van der Waals surface area contributed by atoms with E-state index in [1.165, 1.54) is 12.1 Å². The van der Waals surface area contributed by atoms with Gasteiger partial charge in [-0.15, -0.1) is 0 Å². The minimum absolute atomic E-state index is 0.271. The maximum Gasteiger partial charge on any atom is 0.157 e. The molecule has 7 rings (SSSR count). The van der Waals surface area contributed by atoms with E-state index in [9.17, 15) is 5.26 Å². The first kappa shape index (κ1) is 24.4. The molecule has 0 spiro atoms. The van der Waals surface area contributed by atoms with E-state index >= 15 is 4.39 Å². The summed E-state index contributed by atoms with van der Waals surface area (Å²) in [4.78, 5) is 13.7. The number of nitrogens with one attached hydrogen (secondary N) is 1. The molecule has 0 amide bonds. The fraction of sp³-hybridized carbons (Fsp3) is 0.400. The summed E-state index contributed by atoms with van der Waals surface area (Å²) in [5.74, 6) is -0.106. The highest BCUT2D eigenvalue weighted by Crippen LogP contribution is 2.47. The normalized spacial score (nSPS) is 24.8. The number of pyridine rings is 1. The average Bonchev–Trinajstić information content (AvgIpc) is 3.22. The maximum absolute atomic E-state index is 16.7. The molecular formula is C30H28Cl2FN5. The number of H-pyrrole nitrogens is 1. The minimum atomic E-state index is -0.400. The number of piperidine rings is 1. The summed E-state index contributed by atoms with van der Waals surface area (Å²) in [5, 5.41) is 11.9. The molecule has 1 N–H and O–H groups in total. The van der Waals surface area contributed by atoms with E-state index < -0.39 is 5.82 Å². The van der Waals surface area contributed by atoms with Crippen molar-refractivity contribution in [3.05, 3.63) is 63.1 Å². The van der Waals surface area contributed by atoms with Crippen molar-refractivity contribution in [2.75, 3.05) is 26.7 Å². The van der Waals surface area contributed by atoms with Crippen LogP contribution in [0.1, 0.15) is 54.6 Å². The van der Waals surface area contributed by atoms with Crippen LogP contribution in [0, 0.1) is 17.1 Å². The van der Waals surface area contributed by atoms with Gasteiger partial charge in [0.05, 0.1) is 27.3 Å². The van der Waals surface area contributed by atoms with Crippen LogP contribution in [0.2, 0.25) is 10.0 Å². The van der Waals surface area contributed by atoms with Crippen molar-refractivity contribution in [2.45, 2.75) is 50.1 Å². The first-order valence-electron chi connectivity index (χ1n) is 13.4. The molecule has 0 aliphatic carbocycles. The SMILES string of the molecule is CN1CCCC1c1cc2c(C3CCN4CC34)nc3c(F)c(-c4cccc(Cl)c4Cl)c(CCC#N)cc3c2[nH]1. The topological polar surface area (TPSA) is 58.7 Å². The van der Waals surface area contributed by atoms with Crippen LogP contribution in [0.25, 0.3) is 32.9 Å². The van der Waals surface area contributed by atoms with Gasteiger partial charge in [0.25, 0.3) is 0 Å². The Balaban J connectivity index is 1.52. The zero-order valence-corrected chi connectivity index (χ0v) is 22.7. The van der Waals surface area contributed by atoms with Crippen molar-refractivity contribution >= 4 is 45.0 Å². The molecule has 5 nitrogen and oxygen atoms in total. The van der Waals surface area contributed by atoms with E-state index in [1.54, 1.807) is 18.2 Å². The highest BCUT2D eigenvalue weighted by molar-refractivity contribution is 6.43. The number of aromatic nitrogens is 2. The molecule has 4 unspecified atom stereocenters. The third-order valence-corrected chi connectivity index (χ3v) is 9.66. The molecule has 2 aromatic carbocycles. The molecule has 4 atom stereocenters. The summed E-state index contributed by atoms with van der Waals surface area (Å²) in [5.41, 5.74) is 5.12. The Bertz CT molecular complexity index is 1640. The molecule has 3 aliphatic rings. The van der Waals surface area contributed by atoms with Crippen molar-refractivity contribution in [1.82, 2.24) is 19.8 Å². The lowest BCUT2D eigenvalue weighted by molar-refractivity contribution is 0.313. The van der Waals surface area contributed by atoms with Gasteiger partial charge in [0.1, 0.15) is 5.52 Å². The molecule has 0 radical (unpaired) electrons. The number of rotatable bonds is 5. The molecular weight excluding hydrogens is 520 g/mol. The number of nitrogens with zero attached hydrogens (tertiary/aromatic N) is 4. The van der Waals surface area contributed by atoms with E-state index in [0.29, 0.717) is 51.1 Å². The predicted molar refractivity (Wildman–Crippen MR) is 150 cm³/mol. The number of halogens is 3. The number of hydrogen-bond donors (Lipinski definition) is 1. The number of aromatic amines is 1. The summed E-state index contributed by atoms with van der Waals surface area (Å²) < 4.78 is 16.7. The Hall–Kier alpha value is -2.69. The van der Waals surface area contributed by atoms with Crippen molar-refractivity contribution in [3.63, 3.8) is 0 Å². The van der Waals surface area contributed by atoms with E-state index in [-0.39, 0.29) is 6.42 Å². The maximum atomic E-state index is 16.7. The van der Waals surface area contributed by atoms with E-state index in [4.69, 9.17) is 28.2 Å². The second-order valence-corrected chi connectivity index (χ2v) is 11.8. The second kappa shape index (κ2) is 9.20. The molecule has 2 aromatic heterocycles. The molecule has 194 valence electrons. The fourth-order valence-corrected chi connectivity index (χ4v) is 7.25. The summed E-state index contributed by atoms with van der Waals surface area (Å²) >= 11 is 12.9. The third kappa shape index (κ3) is 3.75. The van der Waals surface area contributed by atoms with Gasteiger partial charge < -0.3 is 4.98 Å². The minimum Gasteiger partial charge on any atom is -0.356 e. The standard InChI is InChI=1S/C30H28Cl2FN5/c1-37-11-4-8-23(37)22-14-20-28(17-9-12-38-15-24(17)38)36-30-19(29(20)35-22)13-16(5-3-10-34)25(27(30)33)18-6-2-7-21(31)26(18)32/h2,6-7,13-14,17,23-24,35H,3-5,8-9,11-12,15H2,1H3. The van der Waals surface area contributed by atoms with Gasteiger partial charge in [-0.1, -0.05) is 35.3 Å². The van der Waals surface area contributed by atoms with Crippen LogP contribution >= 0.6 is 23.2 Å². The average molecular weight is 548 g/mol. The Morgan fingerprint density at radius 2 is 2.05 bits per heavy atom. The Morgan fingerprint density at radius 3 is 2.76 bits per heavy atom. The molecule has 3 saturated heterocycles. The Kier molecular flexibility index (Phi) is 5.90. The number of nitriles is 1. The molecule has 0 bridgehead atoms. The van der Waals surface area contributed by atoms with Gasteiger partial charge in [0, 0.05) is 58.6 Å². The lowest BCUT2D eigenvalue weighted by Crippen LogP contribution is -2.17. The number of fused-ring (bicyclic) bond motifs is 4. The van der Waals surface area contributed by atoms with Crippen LogP contribution in [0.3, 0.4) is 0 Å². The summed E-state index contributed by atoms with van der Waals surface area (Å²) in [7, 11) is 2.17. The summed E-state index contributed by atoms with van der Waals surface area (Å²) in [6, 6.07) is 12.6. The fourth-order valence-electron chi connectivity index (χ4n) is 6.85. The van der Waals surface area contributed by atoms with Gasteiger partial charge in [0.2, 0.25) is 0 Å². The van der Waals surface area contributed by atoms with E-state index in [1.807, 2.05) is 6.07 Å². The van der Waals surface area contributed by atoms with Crippen LogP contribution < -0.4 is 0 Å². The number of aryl methyl sites for hydroxylation is 1. The zero-order chi connectivity index (χ0) is 26.1. The molecule has 3 aliphatic heterocycles. The molecule has 0 saturated carbocycles. The summed E-state index contributed by atoms with van der Waals surface area (Å²) in [6.45, 7) is 3.23. The summed E-state index contributed by atoms with van der Waals surface area (Å²) in [6.07, 6.45) is 3.98.